The van der Waals surface area contributed by atoms with Crippen LogP contribution in [0.2, 0.25) is 0 Å². The van der Waals surface area contributed by atoms with Crippen molar-refractivity contribution in [3.05, 3.63) is 34.2 Å². The van der Waals surface area contributed by atoms with Crippen molar-refractivity contribution >= 4 is 17.2 Å². The van der Waals surface area contributed by atoms with Gasteiger partial charge in [0.25, 0.3) is 5.91 Å². The highest BCUT2D eigenvalue weighted by atomic mass is 32.1. The molecule has 2 N–H and O–H groups in total. The molecule has 3 rings (SSSR count). The van der Waals surface area contributed by atoms with Crippen molar-refractivity contribution in [2.24, 2.45) is 0 Å². The Morgan fingerprint density at radius 3 is 2.96 bits per heavy atom. The number of aliphatic hydroxyl groups excluding tert-OH is 1. The number of hydrogen-bond donors (Lipinski definition) is 2. The van der Waals surface area contributed by atoms with Crippen molar-refractivity contribution < 1.29 is 19.4 Å². The van der Waals surface area contributed by atoms with E-state index in [2.05, 4.69) is 16.8 Å². The molecule has 0 saturated heterocycles. The van der Waals surface area contributed by atoms with Gasteiger partial charge in [-0.15, -0.1) is 0 Å². The Balaban J connectivity index is 1.63. The van der Waals surface area contributed by atoms with Crippen LogP contribution in [-0.4, -0.2) is 36.6 Å². The first-order chi connectivity index (χ1) is 11.8. The van der Waals surface area contributed by atoms with Crippen molar-refractivity contribution in [3.63, 3.8) is 0 Å². The first kappa shape index (κ1) is 17.5. The number of rotatable bonds is 8. The third-order valence-corrected chi connectivity index (χ3v) is 5.25. The van der Waals surface area contributed by atoms with Gasteiger partial charge in [-0.05, 0) is 60.6 Å². The van der Waals surface area contributed by atoms with Crippen molar-refractivity contribution in [1.29, 1.82) is 0 Å². The minimum absolute atomic E-state index is 0.134. The second-order valence-electron chi connectivity index (χ2n) is 6.38. The van der Waals surface area contributed by atoms with Crippen LogP contribution in [0.4, 0.5) is 0 Å². The van der Waals surface area contributed by atoms with Gasteiger partial charge in [-0.3, -0.25) is 4.79 Å². The molecule has 0 unspecified atom stereocenters. The Bertz CT molecular complexity index is 553. The van der Waals surface area contributed by atoms with E-state index in [-0.39, 0.29) is 24.5 Å². The lowest BCUT2D eigenvalue weighted by atomic mass is 9.92. The van der Waals surface area contributed by atoms with Gasteiger partial charge in [0.1, 0.15) is 0 Å². The summed E-state index contributed by atoms with van der Waals surface area (Å²) in [6, 6.07) is 2.37. The third kappa shape index (κ3) is 4.59. The molecule has 2 heterocycles. The molecule has 1 aromatic rings. The molecule has 0 radical (unpaired) electrons. The molecule has 1 amide bonds. The largest absolute Gasteiger partial charge is 0.459 e. The zero-order chi connectivity index (χ0) is 16.8. The minimum atomic E-state index is -0.416. The molecule has 132 valence electrons. The zero-order valence-electron chi connectivity index (χ0n) is 13.8. The second-order valence-corrected chi connectivity index (χ2v) is 7.16. The van der Waals surface area contributed by atoms with Gasteiger partial charge in [-0.1, -0.05) is 0 Å². The highest BCUT2D eigenvalue weighted by Crippen LogP contribution is 2.33. The number of allylic oxidation sites excluding steroid dienone is 1. The van der Waals surface area contributed by atoms with E-state index in [0.717, 1.165) is 19.3 Å². The van der Waals surface area contributed by atoms with Gasteiger partial charge in [0.15, 0.2) is 5.76 Å². The molecular weight excluding hydrogens is 326 g/mol. The average molecular weight is 351 g/mol. The van der Waals surface area contributed by atoms with Crippen LogP contribution in [0.25, 0.3) is 0 Å². The summed E-state index contributed by atoms with van der Waals surface area (Å²) in [6.45, 7) is 0.695. The standard InChI is InChI=1S/C18H25NO4S/c20-7-1-2-8-22-17-11-14(13-6-9-24-12-13)10-16(23-17)18(21)19-15-4-3-5-15/h6,9-10,12,14-15,17,20H,1-5,7-8,11H2,(H,19,21)/t14-,17+/m0/s1. The molecule has 1 aliphatic carbocycles. The first-order valence-corrected chi connectivity index (χ1v) is 9.64. The van der Waals surface area contributed by atoms with Crippen molar-refractivity contribution in [1.82, 2.24) is 5.32 Å². The van der Waals surface area contributed by atoms with Gasteiger partial charge in [-0.2, -0.15) is 11.3 Å². The Kier molecular flexibility index (Phi) is 6.29. The topological polar surface area (TPSA) is 67.8 Å². The Morgan fingerprint density at radius 2 is 2.29 bits per heavy atom. The van der Waals surface area contributed by atoms with Gasteiger partial charge in [0.05, 0.1) is 6.61 Å². The molecule has 0 aromatic carbocycles. The SMILES string of the molecule is O=C(NC1CCC1)C1=C[C@H](c2ccsc2)C[C@H](OCCCCO)O1. The fourth-order valence-electron chi connectivity index (χ4n) is 2.87. The molecule has 1 aliphatic heterocycles. The van der Waals surface area contributed by atoms with E-state index in [1.165, 1.54) is 12.0 Å². The van der Waals surface area contributed by atoms with Gasteiger partial charge in [-0.25, -0.2) is 0 Å². The van der Waals surface area contributed by atoms with Gasteiger partial charge in [0, 0.05) is 25.0 Å². The number of unbranched alkanes of at least 4 members (excludes halogenated alkanes) is 1. The predicted octanol–water partition coefficient (Wildman–Crippen LogP) is 2.92. The maximum Gasteiger partial charge on any atom is 0.286 e. The number of aliphatic hydroxyl groups is 1. The molecule has 5 nitrogen and oxygen atoms in total. The van der Waals surface area contributed by atoms with E-state index in [1.54, 1.807) is 11.3 Å². The normalized spacial score (nSPS) is 24.0. The molecule has 1 saturated carbocycles. The van der Waals surface area contributed by atoms with Crippen LogP contribution in [0.5, 0.6) is 0 Å². The van der Waals surface area contributed by atoms with E-state index in [9.17, 15) is 4.79 Å². The minimum Gasteiger partial charge on any atom is -0.459 e. The molecule has 2 atom stereocenters. The Hall–Kier alpha value is -1.37. The van der Waals surface area contributed by atoms with Crippen LogP contribution < -0.4 is 5.32 Å². The summed E-state index contributed by atoms with van der Waals surface area (Å²) in [4.78, 5) is 12.4. The van der Waals surface area contributed by atoms with Crippen LogP contribution in [0.15, 0.2) is 28.7 Å². The van der Waals surface area contributed by atoms with Crippen molar-refractivity contribution in [2.75, 3.05) is 13.2 Å². The number of carbonyl (C=O) groups excluding carboxylic acids is 1. The summed E-state index contributed by atoms with van der Waals surface area (Å²) < 4.78 is 11.6. The molecule has 0 spiro atoms. The number of carbonyl (C=O) groups is 1. The number of amides is 1. The third-order valence-electron chi connectivity index (χ3n) is 4.55. The van der Waals surface area contributed by atoms with E-state index in [0.29, 0.717) is 25.2 Å². The molecule has 2 aliphatic rings. The van der Waals surface area contributed by atoms with Gasteiger partial charge >= 0.3 is 0 Å². The maximum atomic E-state index is 12.4. The smallest absolute Gasteiger partial charge is 0.286 e. The second kappa shape index (κ2) is 8.65. The predicted molar refractivity (Wildman–Crippen MR) is 92.7 cm³/mol. The lowest BCUT2D eigenvalue weighted by Gasteiger charge is -2.31. The van der Waals surface area contributed by atoms with E-state index < -0.39 is 6.29 Å². The number of ether oxygens (including phenoxy) is 2. The Labute approximate surface area is 146 Å². The fourth-order valence-corrected chi connectivity index (χ4v) is 3.60. The van der Waals surface area contributed by atoms with Crippen LogP contribution in [-0.2, 0) is 14.3 Å². The first-order valence-electron chi connectivity index (χ1n) is 8.70. The maximum absolute atomic E-state index is 12.4. The van der Waals surface area contributed by atoms with E-state index in [1.807, 2.05) is 11.5 Å². The number of nitrogens with one attached hydrogen (secondary N) is 1. The van der Waals surface area contributed by atoms with Gasteiger partial charge < -0.3 is 19.9 Å². The average Bonchev–Trinajstić information content (AvgIpc) is 3.09. The molecule has 0 bridgehead atoms. The van der Waals surface area contributed by atoms with Crippen LogP contribution in [0.3, 0.4) is 0 Å². The molecule has 1 aromatic heterocycles. The number of thiophene rings is 1. The number of hydrogen-bond acceptors (Lipinski definition) is 5. The molecule has 24 heavy (non-hydrogen) atoms. The summed E-state index contributed by atoms with van der Waals surface area (Å²) >= 11 is 1.65. The fraction of sp³-hybridized carbons (Fsp3) is 0.611. The van der Waals surface area contributed by atoms with Crippen LogP contribution >= 0.6 is 11.3 Å². The van der Waals surface area contributed by atoms with E-state index in [4.69, 9.17) is 14.6 Å². The van der Waals surface area contributed by atoms with Crippen LogP contribution in [0.1, 0.15) is 50.0 Å². The summed E-state index contributed by atoms with van der Waals surface area (Å²) in [5.74, 6) is 0.370. The zero-order valence-corrected chi connectivity index (χ0v) is 14.6. The summed E-state index contributed by atoms with van der Waals surface area (Å²) in [5, 5.41) is 16.0. The van der Waals surface area contributed by atoms with Crippen LogP contribution in [0, 0.1) is 0 Å². The van der Waals surface area contributed by atoms with Crippen molar-refractivity contribution in [2.45, 2.75) is 56.8 Å². The summed E-state index contributed by atoms with van der Waals surface area (Å²) in [6.07, 6.45) is 6.99. The highest BCUT2D eigenvalue weighted by molar-refractivity contribution is 7.08. The lowest BCUT2D eigenvalue weighted by molar-refractivity contribution is -0.147. The highest BCUT2D eigenvalue weighted by Gasteiger charge is 2.30. The quantitative estimate of drug-likeness (QED) is 0.707. The monoisotopic (exact) mass is 351 g/mol. The lowest BCUT2D eigenvalue weighted by Crippen LogP contribution is -2.42. The summed E-state index contributed by atoms with van der Waals surface area (Å²) in [5.41, 5.74) is 1.20. The Morgan fingerprint density at radius 1 is 1.42 bits per heavy atom. The van der Waals surface area contributed by atoms with Crippen molar-refractivity contribution in [3.8, 4) is 0 Å². The molecule has 1 fully saturated rings. The summed E-state index contributed by atoms with van der Waals surface area (Å²) in [7, 11) is 0. The van der Waals surface area contributed by atoms with Gasteiger partial charge in [0.2, 0.25) is 6.29 Å². The molecule has 6 heteroatoms. The van der Waals surface area contributed by atoms with E-state index >= 15 is 0 Å². The molecular formula is C18H25NO4S.